The smallest absolute Gasteiger partial charge is 0.247 e. The van der Waals surface area contributed by atoms with Crippen molar-refractivity contribution in [3.63, 3.8) is 0 Å². The molecule has 0 aliphatic carbocycles. The van der Waals surface area contributed by atoms with Crippen LogP contribution in [-0.4, -0.2) is 65.2 Å². The minimum Gasteiger partial charge on any atom is -0.479 e. The summed E-state index contributed by atoms with van der Waals surface area (Å²) in [6, 6.07) is 11.2. The Kier molecular flexibility index (Phi) is 8.47. The molecular formula is C26H31FN8O2. The Bertz CT molecular complexity index is 1250. The third-order valence-corrected chi connectivity index (χ3v) is 5.88. The number of pyridine rings is 1. The second-order valence-corrected chi connectivity index (χ2v) is 8.62. The fraction of sp³-hybridized carbons (Fsp3) is 0.308. The van der Waals surface area contributed by atoms with Crippen molar-refractivity contribution in [3.8, 4) is 5.88 Å². The van der Waals surface area contributed by atoms with Crippen LogP contribution < -0.4 is 26.0 Å². The lowest BCUT2D eigenvalue weighted by Crippen LogP contribution is -2.28. The van der Waals surface area contributed by atoms with Crippen LogP contribution in [0.25, 0.3) is 0 Å². The lowest BCUT2D eigenvalue weighted by molar-refractivity contribution is -0.111. The van der Waals surface area contributed by atoms with Gasteiger partial charge in [-0.05, 0) is 49.8 Å². The van der Waals surface area contributed by atoms with Gasteiger partial charge in [0.1, 0.15) is 24.0 Å². The maximum absolute atomic E-state index is 12.6. The Balaban J connectivity index is 1.45. The third-order valence-electron chi connectivity index (χ3n) is 5.88. The number of nitrogens with one attached hydrogen (secondary N) is 4. The number of benzene rings is 1. The molecule has 1 atom stereocenters. The second-order valence-electron chi connectivity index (χ2n) is 8.62. The monoisotopic (exact) mass is 506 g/mol. The summed E-state index contributed by atoms with van der Waals surface area (Å²) >= 11 is 0. The summed E-state index contributed by atoms with van der Waals surface area (Å²) in [5.41, 5.74) is 2.84. The molecule has 1 aliphatic heterocycles. The minimum atomic E-state index is -0.336. The van der Waals surface area contributed by atoms with Crippen molar-refractivity contribution < 1.29 is 13.9 Å². The number of hydrogen-bond acceptors (Lipinski definition) is 9. The van der Waals surface area contributed by atoms with E-state index in [-0.39, 0.29) is 18.6 Å². The van der Waals surface area contributed by atoms with Crippen LogP contribution in [0.4, 0.5) is 39.0 Å². The molecule has 0 spiro atoms. The van der Waals surface area contributed by atoms with E-state index in [2.05, 4.69) is 47.7 Å². The SMILES string of the molecule is C=CC(=O)Nc1cccc(Nc2nc(Nc3ccc(NC4CCN(CCF)C4)nc3OC)ncc2C)c1. The molecule has 4 N–H and O–H groups in total. The van der Waals surface area contributed by atoms with Gasteiger partial charge in [-0.15, -0.1) is 0 Å². The average molecular weight is 507 g/mol. The average Bonchev–Trinajstić information content (AvgIpc) is 3.34. The number of methoxy groups -OCH3 is 1. The Hall–Kier alpha value is -4.25. The largest absolute Gasteiger partial charge is 0.479 e. The van der Waals surface area contributed by atoms with Gasteiger partial charge in [-0.2, -0.15) is 9.97 Å². The number of anilines is 6. The first-order chi connectivity index (χ1) is 18.0. The zero-order valence-electron chi connectivity index (χ0n) is 20.9. The summed E-state index contributed by atoms with van der Waals surface area (Å²) in [6.45, 7) is 7.14. The van der Waals surface area contributed by atoms with E-state index in [0.29, 0.717) is 41.4 Å². The number of ether oxygens (including phenoxy) is 1. The molecule has 1 aromatic carbocycles. The molecule has 1 fully saturated rings. The van der Waals surface area contributed by atoms with Crippen LogP contribution in [-0.2, 0) is 4.79 Å². The van der Waals surface area contributed by atoms with Crippen LogP contribution in [0.1, 0.15) is 12.0 Å². The number of amides is 1. The molecular weight excluding hydrogens is 475 g/mol. The van der Waals surface area contributed by atoms with E-state index in [1.54, 1.807) is 25.4 Å². The van der Waals surface area contributed by atoms with Gasteiger partial charge in [0.15, 0.2) is 0 Å². The van der Waals surface area contributed by atoms with Gasteiger partial charge in [-0.1, -0.05) is 12.6 Å². The van der Waals surface area contributed by atoms with E-state index in [1.165, 1.54) is 6.08 Å². The number of nitrogens with zero attached hydrogens (tertiary/aromatic N) is 4. The molecule has 10 nitrogen and oxygen atoms in total. The summed E-state index contributed by atoms with van der Waals surface area (Å²) in [4.78, 5) is 27.3. The molecule has 3 aromatic rings. The topological polar surface area (TPSA) is 116 Å². The van der Waals surface area contributed by atoms with Crippen molar-refractivity contribution >= 4 is 40.6 Å². The minimum absolute atomic E-state index is 0.209. The van der Waals surface area contributed by atoms with Crippen molar-refractivity contribution in [1.82, 2.24) is 19.9 Å². The van der Waals surface area contributed by atoms with Crippen LogP contribution in [0.15, 0.2) is 55.3 Å². The van der Waals surface area contributed by atoms with Gasteiger partial charge < -0.3 is 26.0 Å². The van der Waals surface area contributed by atoms with Gasteiger partial charge in [-0.25, -0.2) is 9.37 Å². The number of aromatic nitrogens is 3. The first kappa shape index (κ1) is 25.8. The molecule has 1 aliphatic rings. The predicted octanol–water partition coefficient (Wildman–Crippen LogP) is 4.26. The Morgan fingerprint density at radius 3 is 2.86 bits per heavy atom. The van der Waals surface area contributed by atoms with Crippen molar-refractivity contribution in [1.29, 1.82) is 0 Å². The summed E-state index contributed by atoms with van der Waals surface area (Å²) < 4.78 is 18.1. The zero-order chi connectivity index (χ0) is 26.2. The quantitative estimate of drug-likeness (QED) is 0.283. The molecule has 0 bridgehead atoms. The predicted molar refractivity (Wildman–Crippen MR) is 144 cm³/mol. The Morgan fingerprint density at radius 1 is 1.24 bits per heavy atom. The molecule has 2 aromatic heterocycles. The van der Waals surface area contributed by atoms with E-state index in [1.807, 2.05) is 31.2 Å². The van der Waals surface area contributed by atoms with Gasteiger partial charge in [0.2, 0.25) is 17.7 Å². The number of alkyl halides is 1. The highest BCUT2D eigenvalue weighted by molar-refractivity contribution is 5.99. The van der Waals surface area contributed by atoms with Gasteiger partial charge in [0.05, 0.1) is 7.11 Å². The first-order valence-corrected chi connectivity index (χ1v) is 12.0. The summed E-state index contributed by atoms with van der Waals surface area (Å²) in [5, 5.41) is 12.6. The van der Waals surface area contributed by atoms with Gasteiger partial charge in [-0.3, -0.25) is 9.69 Å². The Labute approximate surface area is 215 Å². The molecule has 194 valence electrons. The molecule has 0 radical (unpaired) electrons. The highest BCUT2D eigenvalue weighted by atomic mass is 19.1. The maximum atomic E-state index is 12.6. The van der Waals surface area contributed by atoms with Crippen LogP contribution in [0.5, 0.6) is 5.88 Å². The number of aryl methyl sites for hydroxylation is 1. The van der Waals surface area contributed by atoms with E-state index in [9.17, 15) is 9.18 Å². The van der Waals surface area contributed by atoms with Gasteiger partial charge >= 0.3 is 0 Å². The number of likely N-dealkylation sites (tertiary alicyclic amines) is 1. The van der Waals surface area contributed by atoms with E-state index < -0.39 is 0 Å². The fourth-order valence-corrected chi connectivity index (χ4v) is 4.01. The number of carbonyl (C=O) groups is 1. The van der Waals surface area contributed by atoms with Crippen molar-refractivity contribution in [3.05, 3.63) is 60.8 Å². The molecule has 3 heterocycles. The van der Waals surface area contributed by atoms with Crippen LogP contribution in [0.2, 0.25) is 0 Å². The molecule has 4 rings (SSSR count). The molecule has 0 saturated carbocycles. The van der Waals surface area contributed by atoms with E-state index >= 15 is 0 Å². The molecule has 11 heteroatoms. The normalized spacial score (nSPS) is 15.2. The van der Waals surface area contributed by atoms with E-state index in [0.717, 1.165) is 30.8 Å². The lowest BCUT2D eigenvalue weighted by atomic mass is 10.2. The second kappa shape index (κ2) is 12.1. The lowest BCUT2D eigenvalue weighted by Gasteiger charge is -2.17. The maximum Gasteiger partial charge on any atom is 0.247 e. The fourth-order valence-electron chi connectivity index (χ4n) is 4.01. The zero-order valence-corrected chi connectivity index (χ0v) is 20.9. The first-order valence-electron chi connectivity index (χ1n) is 12.0. The highest BCUT2D eigenvalue weighted by Crippen LogP contribution is 2.28. The van der Waals surface area contributed by atoms with Crippen LogP contribution in [0, 0.1) is 6.92 Å². The van der Waals surface area contributed by atoms with Crippen LogP contribution in [0.3, 0.4) is 0 Å². The third kappa shape index (κ3) is 6.91. The standard InChI is InChI=1S/C26H31FN8O2/c1-4-23(36)30-18-6-5-7-19(14-18)31-24-17(2)15-28-26(34-24)32-21-8-9-22(33-25(21)37-3)29-20-10-12-35(16-20)13-11-27/h4-9,14-15,20H,1,10-13,16H2,2-3H3,(H,29,33)(H,30,36)(H2,28,31,32,34). The van der Waals surface area contributed by atoms with Gasteiger partial charge in [0, 0.05) is 48.8 Å². The van der Waals surface area contributed by atoms with Crippen LogP contribution >= 0.6 is 0 Å². The van der Waals surface area contributed by atoms with Crippen molar-refractivity contribution in [2.24, 2.45) is 0 Å². The number of hydrogen-bond donors (Lipinski definition) is 4. The summed E-state index contributed by atoms with van der Waals surface area (Å²) in [6.07, 6.45) is 3.86. The Morgan fingerprint density at radius 2 is 2.08 bits per heavy atom. The molecule has 1 saturated heterocycles. The van der Waals surface area contributed by atoms with Crippen molar-refractivity contribution in [2.75, 3.05) is 54.7 Å². The summed E-state index contributed by atoms with van der Waals surface area (Å²) in [7, 11) is 1.55. The number of halogens is 1. The number of rotatable bonds is 11. The summed E-state index contributed by atoms with van der Waals surface area (Å²) in [5.74, 6) is 1.77. The highest BCUT2D eigenvalue weighted by Gasteiger charge is 2.22. The van der Waals surface area contributed by atoms with E-state index in [4.69, 9.17) is 4.74 Å². The number of carbonyl (C=O) groups excluding carboxylic acids is 1. The molecule has 1 unspecified atom stereocenters. The van der Waals surface area contributed by atoms with Gasteiger partial charge in [0.25, 0.3) is 0 Å². The van der Waals surface area contributed by atoms with Crippen molar-refractivity contribution in [2.45, 2.75) is 19.4 Å². The molecule has 37 heavy (non-hydrogen) atoms. The molecule has 1 amide bonds.